The van der Waals surface area contributed by atoms with E-state index in [1.165, 1.54) is 21.3 Å². The van der Waals surface area contributed by atoms with Crippen LogP contribution in [-0.2, 0) is 10.2 Å². The molecule has 7 rings (SSSR count). The van der Waals surface area contributed by atoms with Crippen LogP contribution in [0, 0.1) is 5.92 Å². The lowest BCUT2D eigenvalue weighted by atomic mass is 9.62. The number of methoxy groups -OCH3 is 3. The van der Waals surface area contributed by atoms with Gasteiger partial charge in [-0.3, -0.25) is 14.4 Å². The summed E-state index contributed by atoms with van der Waals surface area (Å²) in [6.07, 6.45) is 3.77. The molecule has 1 amide bonds. The van der Waals surface area contributed by atoms with E-state index in [2.05, 4.69) is 5.32 Å². The number of hydrogen-bond acceptors (Lipinski definition) is 7. The fraction of sp³-hybridized carbons (Fsp3) is 0.194. The predicted molar refractivity (Wildman–Crippen MR) is 165 cm³/mol. The van der Waals surface area contributed by atoms with Crippen LogP contribution < -0.4 is 19.5 Å². The lowest BCUT2D eigenvalue weighted by Gasteiger charge is -2.38. The van der Waals surface area contributed by atoms with E-state index >= 15 is 4.79 Å². The SMILES string of the molecule is COc1ccc(C(=O)[C@@H]2[C@H](C(=O)c3ccccc3OC)[C@@]3(C(=O)Nc4ccccc43)[C@H]3c4ccccc4C=CN23)c(OC)c1. The minimum absolute atomic E-state index is 0.283. The summed E-state index contributed by atoms with van der Waals surface area (Å²) in [5, 5.41) is 3.07. The van der Waals surface area contributed by atoms with Crippen molar-refractivity contribution in [3.8, 4) is 17.2 Å². The van der Waals surface area contributed by atoms with Crippen molar-refractivity contribution in [2.24, 2.45) is 5.92 Å². The van der Waals surface area contributed by atoms with Gasteiger partial charge < -0.3 is 24.4 Å². The highest BCUT2D eigenvalue weighted by molar-refractivity contribution is 6.17. The average Bonchev–Trinajstić information content (AvgIpc) is 3.55. The summed E-state index contributed by atoms with van der Waals surface area (Å²) in [7, 11) is 4.52. The summed E-state index contributed by atoms with van der Waals surface area (Å²) >= 11 is 0. The highest BCUT2D eigenvalue weighted by Gasteiger charge is 2.71. The van der Waals surface area contributed by atoms with Crippen LogP contribution in [0.2, 0.25) is 0 Å². The summed E-state index contributed by atoms with van der Waals surface area (Å²) in [6.45, 7) is 0. The molecule has 0 aromatic heterocycles. The van der Waals surface area contributed by atoms with E-state index in [-0.39, 0.29) is 23.0 Å². The molecule has 4 aromatic carbocycles. The molecule has 8 nitrogen and oxygen atoms in total. The van der Waals surface area contributed by atoms with Crippen LogP contribution in [-0.4, -0.2) is 49.7 Å². The topological polar surface area (TPSA) is 94.2 Å². The van der Waals surface area contributed by atoms with Crippen molar-refractivity contribution in [2.45, 2.75) is 17.5 Å². The van der Waals surface area contributed by atoms with Crippen molar-refractivity contribution in [3.05, 3.63) is 125 Å². The Hall–Kier alpha value is -5.37. The number of rotatable bonds is 7. The molecule has 1 N–H and O–H groups in total. The second kappa shape index (κ2) is 10.4. The van der Waals surface area contributed by atoms with Crippen LogP contribution >= 0.6 is 0 Å². The molecule has 4 aromatic rings. The number of carbonyl (C=O) groups excluding carboxylic acids is 3. The van der Waals surface area contributed by atoms with E-state index in [1.54, 1.807) is 42.5 Å². The Morgan fingerprint density at radius 2 is 1.48 bits per heavy atom. The lowest BCUT2D eigenvalue weighted by molar-refractivity contribution is -0.122. The Morgan fingerprint density at radius 1 is 0.773 bits per heavy atom. The molecule has 3 aliphatic rings. The van der Waals surface area contributed by atoms with Crippen LogP contribution in [0.5, 0.6) is 17.2 Å². The number of hydrogen-bond donors (Lipinski definition) is 1. The van der Waals surface area contributed by atoms with Gasteiger partial charge in [-0.15, -0.1) is 0 Å². The third-order valence-corrected chi connectivity index (χ3v) is 9.17. The maximum absolute atomic E-state index is 15.1. The van der Waals surface area contributed by atoms with E-state index in [1.807, 2.05) is 65.7 Å². The van der Waals surface area contributed by atoms with Gasteiger partial charge in [0.15, 0.2) is 11.6 Å². The third-order valence-electron chi connectivity index (χ3n) is 9.17. The second-order valence-electron chi connectivity index (χ2n) is 11.1. The summed E-state index contributed by atoms with van der Waals surface area (Å²) in [5.74, 6) is -0.967. The van der Waals surface area contributed by atoms with Crippen LogP contribution in [0.1, 0.15) is 43.4 Å². The van der Waals surface area contributed by atoms with Crippen LogP contribution in [0.15, 0.2) is 97.2 Å². The number of benzene rings is 4. The van der Waals surface area contributed by atoms with E-state index in [4.69, 9.17) is 14.2 Å². The Labute approximate surface area is 254 Å². The first kappa shape index (κ1) is 27.5. The third kappa shape index (κ3) is 3.73. The molecule has 8 heteroatoms. The van der Waals surface area contributed by atoms with Crippen molar-refractivity contribution in [1.29, 1.82) is 0 Å². The van der Waals surface area contributed by atoms with Gasteiger partial charge in [0.2, 0.25) is 5.91 Å². The number of anilines is 1. The molecule has 3 aliphatic heterocycles. The molecule has 3 heterocycles. The number of ketones is 2. The van der Waals surface area contributed by atoms with Crippen molar-refractivity contribution >= 4 is 29.2 Å². The molecule has 4 atom stereocenters. The fourth-order valence-corrected chi connectivity index (χ4v) is 7.34. The Morgan fingerprint density at radius 3 is 2.27 bits per heavy atom. The molecule has 0 aliphatic carbocycles. The van der Waals surface area contributed by atoms with Crippen molar-refractivity contribution in [3.63, 3.8) is 0 Å². The van der Waals surface area contributed by atoms with Crippen LogP contribution in [0.3, 0.4) is 0 Å². The summed E-state index contributed by atoms with van der Waals surface area (Å²) in [5.41, 5.74) is 2.21. The number of amides is 1. The van der Waals surface area contributed by atoms with E-state index in [0.717, 1.165) is 11.1 Å². The zero-order chi connectivity index (χ0) is 30.6. The van der Waals surface area contributed by atoms with Crippen LogP contribution in [0.25, 0.3) is 6.08 Å². The van der Waals surface area contributed by atoms with E-state index < -0.39 is 23.4 Å². The molecular weight excluding hydrogens is 556 g/mol. The average molecular weight is 587 g/mol. The molecule has 0 bridgehead atoms. The zero-order valence-electron chi connectivity index (χ0n) is 24.4. The van der Waals surface area contributed by atoms with Gasteiger partial charge in [0.05, 0.1) is 44.4 Å². The highest BCUT2D eigenvalue weighted by Crippen LogP contribution is 2.62. The first-order valence-corrected chi connectivity index (χ1v) is 14.3. The van der Waals surface area contributed by atoms with Gasteiger partial charge >= 0.3 is 0 Å². The molecule has 1 saturated heterocycles. The highest BCUT2D eigenvalue weighted by atomic mass is 16.5. The van der Waals surface area contributed by atoms with E-state index in [9.17, 15) is 9.59 Å². The zero-order valence-corrected chi connectivity index (χ0v) is 24.4. The van der Waals surface area contributed by atoms with Gasteiger partial charge in [0, 0.05) is 18.0 Å². The summed E-state index contributed by atoms with van der Waals surface area (Å²) in [6, 6.07) is 25.4. The Balaban J connectivity index is 1.54. The Kier molecular flexibility index (Phi) is 6.50. The summed E-state index contributed by atoms with van der Waals surface area (Å²) < 4.78 is 16.7. The largest absolute Gasteiger partial charge is 0.497 e. The normalized spacial score (nSPS) is 22.6. The maximum Gasteiger partial charge on any atom is 0.238 e. The molecular formula is C36H30N2O6. The second-order valence-corrected chi connectivity index (χ2v) is 11.1. The smallest absolute Gasteiger partial charge is 0.238 e. The molecule has 0 radical (unpaired) electrons. The van der Waals surface area contributed by atoms with Gasteiger partial charge in [0.1, 0.15) is 28.7 Å². The van der Waals surface area contributed by atoms with Crippen molar-refractivity contribution in [2.75, 3.05) is 26.6 Å². The minimum atomic E-state index is -1.45. The number of Topliss-reactive ketones (excluding diaryl/α,β-unsaturated/α-hetero) is 2. The van der Waals surface area contributed by atoms with Crippen molar-refractivity contribution < 1.29 is 28.6 Å². The van der Waals surface area contributed by atoms with Gasteiger partial charge in [0.25, 0.3) is 0 Å². The Bertz CT molecular complexity index is 1870. The van der Waals surface area contributed by atoms with Crippen molar-refractivity contribution in [1.82, 2.24) is 4.90 Å². The number of fused-ring (bicyclic) bond motifs is 6. The fourth-order valence-electron chi connectivity index (χ4n) is 7.34. The number of ether oxygens (including phenoxy) is 3. The predicted octanol–water partition coefficient (Wildman–Crippen LogP) is 5.69. The number of carbonyl (C=O) groups is 3. The minimum Gasteiger partial charge on any atom is -0.497 e. The molecule has 1 fully saturated rings. The quantitative estimate of drug-likeness (QED) is 0.278. The van der Waals surface area contributed by atoms with E-state index in [0.29, 0.717) is 34.1 Å². The molecule has 0 saturated carbocycles. The van der Waals surface area contributed by atoms with Gasteiger partial charge in [-0.25, -0.2) is 0 Å². The lowest BCUT2D eigenvalue weighted by Crippen LogP contribution is -2.49. The van der Waals surface area contributed by atoms with Gasteiger partial charge in [-0.1, -0.05) is 54.6 Å². The monoisotopic (exact) mass is 586 g/mol. The molecule has 0 unspecified atom stereocenters. The number of nitrogens with zero attached hydrogens (tertiary/aromatic N) is 1. The first-order valence-electron chi connectivity index (χ1n) is 14.3. The van der Waals surface area contributed by atoms with Gasteiger partial charge in [-0.05, 0) is 53.1 Å². The number of para-hydroxylation sites is 2. The molecule has 220 valence electrons. The van der Waals surface area contributed by atoms with Crippen LogP contribution in [0.4, 0.5) is 5.69 Å². The standard InChI is InChI=1S/C36H30N2O6/c1-42-22-16-17-25(29(20-22)44-3)33(40)31-30(32(39)24-12-6-9-15-28(24)43-2)36(26-13-7-8-14-27(26)37-35(36)41)34-23-11-5-4-10-21(23)18-19-38(31)34/h4-20,30-31,34H,1-3H3,(H,37,41)/t30-,31+,34-,36-/m1/s1. The first-order chi connectivity index (χ1) is 21.4. The molecule has 44 heavy (non-hydrogen) atoms. The van der Waals surface area contributed by atoms with Gasteiger partial charge in [-0.2, -0.15) is 0 Å². The molecule has 1 spiro atoms. The number of nitrogens with one attached hydrogen (secondary N) is 1. The maximum atomic E-state index is 15.1. The summed E-state index contributed by atoms with van der Waals surface area (Å²) in [4.78, 5) is 46.6.